The molecule has 3 aromatic rings. The van der Waals surface area contributed by atoms with E-state index >= 15 is 0 Å². The van der Waals surface area contributed by atoms with Gasteiger partial charge in [0.1, 0.15) is 10.3 Å². The van der Waals surface area contributed by atoms with Crippen molar-refractivity contribution < 1.29 is 10.0 Å². The van der Waals surface area contributed by atoms with E-state index in [0.29, 0.717) is 37.3 Å². The van der Waals surface area contributed by atoms with Crippen molar-refractivity contribution >= 4 is 56.9 Å². The van der Waals surface area contributed by atoms with E-state index in [1.54, 1.807) is 43.5 Å². The lowest BCUT2D eigenvalue weighted by Crippen LogP contribution is -2.19. The van der Waals surface area contributed by atoms with Gasteiger partial charge < -0.3 is 10.5 Å². The molecule has 0 unspecified atom stereocenters. The van der Waals surface area contributed by atoms with Crippen LogP contribution in [0.4, 0.5) is 5.69 Å². The largest absolute Gasteiger partial charge is 0.411 e. The summed E-state index contributed by atoms with van der Waals surface area (Å²) in [5, 5.41) is 19.7. The first-order valence-corrected chi connectivity index (χ1v) is 9.11. The molecule has 2 aromatic heterocycles. The van der Waals surface area contributed by atoms with Gasteiger partial charge in [0.2, 0.25) is 0 Å². The predicted molar refractivity (Wildman–Crippen MR) is 108 cm³/mol. The molecule has 3 rings (SSSR count). The number of nitrogens with zero attached hydrogens (tertiary/aromatic N) is 4. The molecule has 2 N–H and O–H groups in total. The number of pyridine rings is 1. The van der Waals surface area contributed by atoms with Crippen LogP contribution in [-0.4, -0.2) is 32.1 Å². The van der Waals surface area contributed by atoms with Crippen molar-refractivity contribution in [3.63, 3.8) is 0 Å². The molecular weight excluding hydrogens is 457 g/mol. The standard InChI is InChI=1S/C17H12BrCl2N5O2/c1-9-5-11(19)6-10(8-22-27)15(9)23-17(26)13-7-14(18)24-25(13)16-12(20)3-2-4-21-16/h2-8,27H,1H3,(H,23,26)/b22-8+. The molecule has 0 aliphatic carbocycles. The fourth-order valence-electron chi connectivity index (χ4n) is 2.49. The minimum Gasteiger partial charge on any atom is -0.411 e. The van der Waals surface area contributed by atoms with Crippen molar-refractivity contribution in [3.05, 3.63) is 68.0 Å². The summed E-state index contributed by atoms with van der Waals surface area (Å²) in [4.78, 5) is 17.1. The van der Waals surface area contributed by atoms with Gasteiger partial charge in [0, 0.05) is 22.8 Å². The molecule has 0 atom stereocenters. The minimum absolute atomic E-state index is 0.212. The van der Waals surface area contributed by atoms with Crippen molar-refractivity contribution in [1.29, 1.82) is 0 Å². The maximum atomic E-state index is 12.9. The third kappa shape index (κ3) is 4.13. The van der Waals surface area contributed by atoms with E-state index in [2.05, 4.69) is 36.5 Å². The molecule has 0 bridgehead atoms. The van der Waals surface area contributed by atoms with Crippen LogP contribution in [0.5, 0.6) is 0 Å². The van der Waals surface area contributed by atoms with Crippen LogP contribution in [0, 0.1) is 6.92 Å². The molecule has 0 saturated carbocycles. The highest BCUT2D eigenvalue weighted by atomic mass is 79.9. The Hall–Kier alpha value is -2.42. The monoisotopic (exact) mass is 467 g/mol. The fraction of sp³-hybridized carbons (Fsp3) is 0.0588. The van der Waals surface area contributed by atoms with Gasteiger partial charge in [-0.15, -0.1) is 0 Å². The van der Waals surface area contributed by atoms with Gasteiger partial charge in [-0.25, -0.2) is 9.67 Å². The summed E-state index contributed by atoms with van der Waals surface area (Å²) < 4.78 is 1.78. The lowest BCUT2D eigenvalue weighted by Gasteiger charge is -2.13. The number of oxime groups is 1. The molecule has 10 heteroatoms. The third-order valence-electron chi connectivity index (χ3n) is 3.62. The van der Waals surface area contributed by atoms with Gasteiger partial charge in [0.25, 0.3) is 5.91 Å². The van der Waals surface area contributed by atoms with Crippen molar-refractivity contribution in [3.8, 4) is 5.82 Å². The van der Waals surface area contributed by atoms with E-state index in [0.717, 1.165) is 0 Å². The second-order valence-electron chi connectivity index (χ2n) is 5.46. The van der Waals surface area contributed by atoms with Gasteiger partial charge in [-0.05, 0) is 52.7 Å². The Morgan fingerprint density at radius 1 is 1.37 bits per heavy atom. The number of aryl methyl sites for hydroxylation is 1. The van der Waals surface area contributed by atoms with Crippen LogP contribution in [0.3, 0.4) is 0 Å². The van der Waals surface area contributed by atoms with Gasteiger partial charge in [-0.1, -0.05) is 28.4 Å². The van der Waals surface area contributed by atoms with Gasteiger partial charge in [0.15, 0.2) is 5.82 Å². The Morgan fingerprint density at radius 2 is 2.15 bits per heavy atom. The predicted octanol–water partition coefficient (Wildman–Crippen LogP) is 4.71. The second kappa shape index (κ2) is 8.08. The Labute approximate surface area is 172 Å². The smallest absolute Gasteiger partial charge is 0.274 e. The Bertz CT molecular complexity index is 1050. The number of carbonyl (C=O) groups is 1. The van der Waals surface area contributed by atoms with Crippen LogP contribution in [-0.2, 0) is 0 Å². The van der Waals surface area contributed by atoms with Crippen LogP contribution in [0.1, 0.15) is 21.6 Å². The maximum absolute atomic E-state index is 12.9. The Balaban J connectivity index is 2.03. The molecule has 1 amide bonds. The van der Waals surface area contributed by atoms with Crippen molar-refractivity contribution in [1.82, 2.24) is 14.8 Å². The molecule has 7 nitrogen and oxygen atoms in total. The molecular formula is C17H12BrCl2N5O2. The van der Waals surface area contributed by atoms with Gasteiger partial charge in [-0.2, -0.15) is 5.10 Å². The number of carbonyl (C=O) groups excluding carboxylic acids is 1. The number of benzene rings is 1. The summed E-state index contributed by atoms with van der Waals surface area (Å²) in [5.74, 6) is -0.132. The second-order valence-corrected chi connectivity index (χ2v) is 7.11. The van der Waals surface area contributed by atoms with Crippen LogP contribution in [0.25, 0.3) is 5.82 Å². The maximum Gasteiger partial charge on any atom is 0.274 e. The molecule has 2 heterocycles. The number of hydrogen-bond donors (Lipinski definition) is 2. The quantitative estimate of drug-likeness (QED) is 0.329. The fourth-order valence-corrected chi connectivity index (χ4v) is 3.35. The number of anilines is 1. The van der Waals surface area contributed by atoms with Crippen LogP contribution < -0.4 is 5.32 Å². The molecule has 0 aliphatic heterocycles. The SMILES string of the molecule is Cc1cc(Cl)cc(/C=N/O)c1NC(=O)c1cc(Br)nn1-c1ncccc1Cl. The average molecular weight is 469 g/mol. The summed E-state index contributed by atoms with van der Waals surface area (Å²) in [5.41, 5.74) is 1.82. The van der Waals surface area contributed by atoms with E-state index in [1.165, 1.54) is 10.9 Å². The first-order valence-electron chi connectivity index (χ1n) is 7.56. The lowest BCUT2D eigenvalue weighted by atomic mass is 10.1. The lowest BCUT2D eigenvalue weighted by molar-refractivity contribution is 0.101. The number of nitrogens with one attached hydrogen (secondary N) is 1. The average Bonchev–Trinajstić information content (AvgIpc) is 3.00. The number of hydrogen-bond acceptors (Lipinski definition) is 5. The summed E-state index contributed by atoms with van der Waals surface area (Å²) >= 11 is 15.5. The van der Waals surface area contributed by atoms with E-state index in [4.69, 9.17) is 28.4 Å². The number of halogens is 3. The Kier molecular flexibility index (Phi) is 5.79. The highest BCUT2D eigenvalue weighted by Crippen LogP contribution is 2.26. The number of aromatic nitrogens is 3. The topological polar surface area (TPSA) is 92.4 Å². The van der Waals surface area contributed by atoms with E-state index in [-0.39, 0.29) is 5.69 Å². The summed E-state index contributed by atoms with van der Waals surface area (Å²) in [7, 11) is 0. The molecule has 0 radical (unpaired) electrons. The molecule has 0 fully saturated rings. The van der Waals surface area contributed by atoms with Crippen LogP contribution >= 0.6 is 39.1 Å². The van der Waals surface area contributed by atoms with Gasteiger partial charge in [-0.3, -0.25) is 4.79 Å². The van der Waals surface area contributed by atoms with Crippen LogP contribution in [0.15, 0.2) is 46.3 Å². The highest BCUT2D eigenvalue weighted by molar-refractivity contribution is 9.10. The van der Waals surface area contributed by atoms with E-state index in [1.807, 2.05) is 0 Å². The summed E-state index contributed by atoms with van der Waals surface area (Å²) in [6, 6.07) is 8.15. The summed E-state index contributed by atoms with van der Waals surface area (Å²) in [6.07, 6.45) is 2.75. The minimum atomic E-state index is -0.451. The van der Waals surface area contributed by atoms with Crippen LogP contribution in [0.2, 0.25) is 10.0 Å². The highest BCUT2D eigenvalue weighted by Gasteiger charge is 2.20. The van der Waals surface area contributed by atoms with Crippen molar-refractivity contribution in [2.45, 2.75) is 6.92 Å². The molecule has 1 aromatic carbocycles. The van der Waals surface area contributed by atoms with E-state index < -0.39 is 5.91 Å². The van der Waals surface area contributed by atoms with Gasteiger partial charge in [0.05, 0.1) is 16.9 Å². The Morgan fingerprint density at radius 3 is 2.85 bits per heavy atom. The zero-order chi connectivity index (χ0) is 19.6. The molecule has 0 aliphatic rings. The molecule has 0 saturated heterocycles. The first kappa shape index (κ1) is 19.3. The van der Waals surface area contributed by atoms with Crippen molar-refractivity contribution in [2.75, 3.05) is 5.32 Å². The molecule has 0 spiro atoms. The van der Waals surface area contributed by atoms with E-state index in [9.17, 15) is 4.79 Å². The third-order valence-corrected chi connectivity index (χ3v) is 4.52. The van der Waals surface area contributed by atoms with Crippen molar-refractivity contribution in [2.24, 2.45) is 5.16 Å². The number of rotatable bonds is 4. The zero-order valence-electron chi connectivity index (χ0n) is 13.8. The summed E-state index contributed by atoms with van der Waals surface area (Å²) in [6.45, 7) is 1.78. The zero-order valence-corrected chi connectivity index (χ0v) is 16.9. The molecule has 138 valence electrons. The number of amides is 1. The first-order chi connectivity index (χ1) is 12.9. The molecule has 27 heavy (non-hydrogen) atoms. The van der Waals surface area contributed by atoms with Gasteiger partial charge >= 0.3 is 0 Å². The normalized spacial score (nSPS) is 11.1.